The highest BCUT2D eigenvalue weighted by Crippen LogP contribution is 2.66. The SMILES string of the molecule is CCCc1cc(-c2c3c(c(-c4cccc5ccccc45)c4ccccc24)CCC=C3)c2c(c1O)C1CC1c1ccccc1-2. The normalized spacial score (nSPS) is 17.8. The molecule has 6 aromatic rings. The molecule has 6 aromatic carbocycles. The van der Waals surface area contributed by atoms with Gasteiger partial charge in [0.15, 0.2) is 0 Å². The summed E-state index contributed by atoms with van der Waals surface area (Å²) >= 11 is 0. The van der Waals surface area contributed by atoms with Gasteiger partial charge >= 0.3 is 0 Å². The van der Waals surface area contributed by atoms with Crippen LogP contribution in [-0.2, 0) is 12.8 Å². The lowest BCUT2D eigenvalue weighted by Gasteiger charge is -2.29. The van der Waals surface area contributed by atoms with Crippen LogP contribution in [0.1, 0.15) is 65.8 Å². The van der Waals surface area contributed by atoms with Crippen molar-refractivity contribution >= 4 is 27.6 Å². The molecule has 1 saturated carbocycles. The molecule has 0 heterocycles. The zero-order valence-corrected chi connectivity index (χ0v) is 24.5. The highest BCUT2D eigenvalue weighted by Gasteiger charge is 2.48. The lowest BCUT2D eigenvalue weighted by molar-refractivity contribution is 0.460. The molecule has 0 bridgehead atoms. The summed E-state index contributed by atoms with van der Waals surface area (Å²) in [6.45, 7) is 2.22. The van der Waals surface area contributed by atoms with E-state index in [-0.39, 0.29) is 0 Å². The van der Waals surface area contributed by atoms with E-state index in [0.717, 1.165) is 37.7 Å². The fourth-order valence-electron chi connectivity index (χ4n) is 8.39. The van der Waals surface area contributed by atoms with Crippen molar-refractivity contribution in [2.45, 2.75) is 50.9 Å². The van der Waals surface area contributed by atoms with Crippen molar-refractivity contribution in [3.05, 3.63) is 131 Å². The van der Waals surface area contributed by atoms with Gasteiger partial charge in [0.05, 0.1) is 0 Å². The Morgan fingerprint density at radius 2 is 1.42 bits per heavy atom. The minimum atomic E-state index is 0.410. The molecule has 1 nitrogen and oxygen atoms in total. The molecule has 0 spiro atoms. The van der Waals surface area contributed by atoms with Gasteiger partial charge in [-0.25, -0.2) is 0 Å². The average molecular weight is 555 g/mol. The third-order valence-electron chi connectivity index (χ3n) is 10.3. The summed E-state index contributed by atoms with van der Waals surface area (Å²) in [4.78, 5) is 0. The monoisotopic (exact) mass is 554 g/mol. The molecule has 0 aromatic heterocycles. The number of phenols is 1. The zero-order valence-electron chi connectivity index (χ0n) is 24.5. The van der Waals surface area contributed by atoms with Gasteiger partial charge in [-0.1, -0.05) is 116 Å². The number of fused-ring (bicyclic) bond motifs is 9. The summed E-state index contributed by atoms with van der Waals surface area (Å²) in [5.41, 5.74) is 14.4. The van der Waals surface area contributed by atoms with Crippen LogP contribution in [0.15, 0.2) is 103 Å². The van der Waals surface area contributed by atoms with Crippen molar-refractivity contribution in [1.29, 1.82) is 0 Å². The summed E-state index contributed by atoms with van der Waals surface area (Å²) in [5, 5.41) is 17.0. The van der Waals surface area contributed by atoms with Crippen LogP contribution < -0.4 is 0 Å². The molecule has 0 amide bonds. The molecule has 0 aliphatic heterocycles. The smallest absolute Gasteiger partial charge is 0.122 e. The Morgan fingerprint density at radius 1 is 0.698 bits per heavy atom. The van der Waals surface area contributed by atoms with Gasteiger partial charge in [0.1, 0.15) is 5.75 Å². The maximum atomic E-state index is 11.8. The first-order chi connectivity index (χ1) is 21.2. The van der Waals surface area contributed by atoms with Gasteiger partial charge in [-0.05, 0) is 121 Å². The summed E-state index contributed by atoms with van der Waals surface area (Å²) < 4.78 is 0. The molecule has 2 atom stereocenters. The Balaban J connectivity index is 1.44. The molecule has 3 aliphatic carbocycles. The molecule has 1 N–H and O–H groups in total. The highest BCUT2D eigenvalue weighted by atomic mass is 16.3. The summed E-state index contributed by atoms with van der Waals surface area (Å²) in [7, 11) is 0. The van der Waals surface area contributed by atoms with Crippen LogP contribution in [0.3, 0.4) is 0 Å². The molecule has 2 unspecified atom stereocenters. The van der Waals surface area contributed by atoms with Crippen LogP contribution in [0, 0.1) is 0 Å². The van der Waals surface area contributed by atoms with E-state index in [0.29, 0.717) is 17.6 Å². The van der Waals surface area contributed by atoms with Crippen molar-refractivity contribution < 1.29 is 5.11 Å². The van der Waals surface area contributed by atoms with Crippen molar-refractivity contribution in [3.63, 3.8) is 0 Å². The van der Waals surface area contributed by atoms with E-state index in [2.05, 4.69) is 116 Å². The third-order valence-corrected chi connectivity index (χ3v) is 10.3. The largest absolute Gasteiger partial charge is 0.507 e. The van der Waals surface area contributed by atoms with E-state index in [1.807, 2.05) is 0 Å². The lowest BCUT2D eigenvalue weighted by atomic mass is 9.75. The third kappa shape index (κ3) is 3.58. The van der Waals surface area contributed by atoms with Crippen LogP contribution in [0.25, 0.3) is 61.0 Å². The van der Waals surface area contributed by atoms with E-state index in [1.165, 1.54) is 77.2 Å². The van der Waals surface area contributed by atoms with Crippen molar-refractivity contribution in [2.75, 3.05) is 0 Å². The van der Waals surface area contributed by atoms with Gasteiger partial charge < -0.3 is 5.11 Å². The molecule has 43 heavy (non-hydrogen) atoms. The Bertz CT molecular complexity index is 2140. The van der Waals surface area contributed by atoms with Gasteiger partial charge in [0.25, 0.3) is 0 Å². The molecule has 9 rings (SSSR count). The first-order valence-corrected chi connectivity index (χ1v) is 15.9. The van der Waals surface area contributed by atoms with Gasteiger partial charge in [-0.2, -0.15) is 0 Å². The van der Waals surface area contributed by atoms with E-state index in [9.17, 15) is 5.11 Å². The van der Waals surface area contributed by atoms with Crippen molar-refractivity contribution in [1.82, 2.24) is 0 Å². The molecule has 1 heteroatoms. The molecular formula is C42H34O. The molecule has 0 saturated heterocycles. The van der Waals surface area contributed by atoms with E-state index >= 15 is 0 Å². The van der Waals surface area contributed by atoms with Gasteiger partial charge in [-0.3, -0.25) is 0 Å². The van der Waals surface area contributed by atoms with Crippen molar-refractivity contribution in [2.24, 2.45) is 0 Å². The minimum absolute atomic E-state index is 0.410. The number of phenolic OH excluding ortho intramolecular Hbond substituents is 1. The maximum absolute atomic E-state index is 11.8. The predicted molar refractivity (Wildman–Crippen MR) is 181 cm³/mol. The summed E-state index contributed by atoms with van der Waals surface area (Å²) in [6, 6.07) is 35.9. The second-order valence-corrected chi connectivity index (χ2v) is 12.7. The number of hydrogen-bond acceptors (Lipinski definition) is 1. The summed E-state index contributed by atoms with van der Waals surface area (Å²) in [5.74, 6) is 1.48. The zero-order chi connectivity index (χ0) is 28.7. The fraction of sp³-hybridized carbons (Fsp3) is 0.190. The van der Waals surface area contributed by atoms with Crippen LogP contribution in [0.2, 0.25) is 0 Å². The highest BCUT2D eigenvalue weighted by molar-refractivity contribution is 6.15. The lowest BCUT2D eigenvalue weighted by Crippen LogP contribution is -2.07. The number of aromatic hydroxyl groups is 1. The predicted octanol–water partition coefficient (Wildman–Crippen LogP) is 11.2. The van der Waals surface area contributed by atoms with Crippen LogP contribution in [-0.4, -0.2) is 5.11 Å². The molecule has 3 aliphatic rings. The standard InChI is InChI=1S/C42H34O/c1-2-12-26-23-37(40-30-17-6-5-16-28(30)35-24-36(35)41(40)42(26)43)39-33-20-9-7-18-31(33)38(32-19-8-10-21-34(32)39)29-22-11-14-25-13-3-4-15-27(25)29/h3-7,9-11,13-18,20-23,35-36,43H,2,8,12,19,24H2,1H3. The minimum Gasteiger partial charge on any atom is -0.507 e. The van der Waals surface area contributed by atoms with E-state index in [4.69, 9.17) is 0 Å². The van der Waals surface area contributed by atoms with E-state index < -0.39 is 0 Å². The second-order valence-electron chi connectivity index (χ2n) is 12.7. The molecule has 0 radical (unpaired) electrons. The fourth-order valence-corrected chi connectivity index (χ4v) is 8.39. The van der Waals surface area contributed by atoms with E-state index in [1.54, 1.807) is 0 Å². The van der Waals surface area contributed by atoms with Crippen LogP contribution >= 0.6 is 0 Å². The Labute approximate surface area is 253 Å². The van der Waals surface area contributed by atoms with Crippen LogP contribution in [0.5, 0.6) is 5.75 Å². The number of aryl methyl sites for hydroxylation is 1. The quantitative estimate of drug-likeness (QED) is 0.230. The molecular weight excluding hydrogens is 520 g/mol. The average Bonchev–Trinajstić information content (AvgIpc) is 3.86. The number of hydrogen-bond donors (Lipinski definition) is 1. The van der Waals surface area contributed by atoms with Crippen LogP contribution in [0.4, 0.5) is 0 Å². The number of benzene rings is 6. The molecule has 1 fully saturated rings. The maximum Gasteiger partial charge on any atom is 0.122 e. The number of allylic oxidation sites excluding steroid dienone is 1. The number of rotatable bonds is 4. The first kappa shape index (κ1) is 24.9. The first-order valence-electron chi connectivity index (χ1n) is 15.9. The van der Waals surface area contributed by atoms with Gasteiger partial charge in [-0.15, -0.1) is 0 Å². The van der Waals surface area contributed by atoms with Gasteiger partial charge in [0, 0.05) is 5.56 Å². The Morgan fingerprint density at radius 3 is 2.28 bits per heavy atom. The Hall–Kier alpha value is -4.62. The van der Waals surface area contributed by atoms with Crippen molar-refractivity contribution in [3.8, 4) is 39.1 Å². The van der Waals surface area contributed by atoms with Gasteiger partial charge in [0.2, 0.25) is 0 Å². The Kier molecular flexibility index (Phi) is 5.47. The topological polar surface area (TPSA) is 20.2 Å². The second kappa shape index (κ2) is 9.44. The molecule has 208 valence electrons. The summed E-state index contributed by atoms with van der Waals surface area (Å²) in [6.07, 6.45) is 9.84.